The molecule has 0 unspecified atom stereocenters. The van der Waals surface area contributed by atoms with Gasteiger partial charge in [0.2, 0.25) is 5.91 Å². The van der Waals surface area contributed by atoms with Crippen LogP contribution in [0, 0.1) is 11.3 Å². The number of amides is 1. The first-order chi connectivity index (χ1) is 9.51. The lowest BCUT2D eigenvalue weighted by atomic mass is 9.80. The van der Waals surface area contributed by atoms with E-state index in [1.54, 1.807) is 0 Å². The van der Waals surface area contributed by atoms with Gasteiger partial charge in [-0.2, -0.15) is 0 Å². The van der Waals surface area contributed by atoms with Crippen LogP contribution in [0.1, 0.15) is 64.7 Å². The Morgan fingerprint density at radius 2 is 1.85 bits per heavy atom. The molecule has 0 aromatic carbocycles. The highest BCUT2D eigenvalue weighted by Crippen LogP contribution is 2.32. The Hall–Kier alpha value is -0.640. The van der Waals surface area contributed by atoms with Gasteiger partial charge >= 0.3 is 0 Å². The second-order valence-electron chi connectivity index (χ2n) is 6.85. The van der Waals surface area contributed by atoms with Crippen LogP contribution >= 0.6 is 12.2 Å². The number of likely N-dealkylation sites (tertiary alicyclic amines) is 1. The summed E-state index contributed by atoms with van der Waals surface area (Å²) in [6.45, 7) is 3.76. The number of carbonyl (C=O) groups is 1. The van der Waals surface area contributed by atoms with Crippen molar-refractivity contribution in [1.82, 2.24) is 4.90 Å². The van der Waals surface area contributed by atoms with Gasteiger partial charge in [0.05, 0.1) is 4.99 Å². The van der Waals surface area contributed by atoms with Gasteiger partial charge in [-0.15, -0.1) is 0 Å². The molecule has 2 N–H and O–H groups in total. The molecule has 1 amide bonds. The van der Waals surface area contributed by atoms with Gasteiger partial charge in [-0.25, -0.2) is 0 Å². The molecule has 0 atom stereocenters. The second kappa shape index (κ2) is 6.88. The summed E-state index contributed by atoms with van der Waals surface area (Å²) in [6, 6.07) is 0. The maximum atomic E-state index is 12.3. The molecule has 0 aromatic rings. The van der Waals surface area contributed by atoms with E-state index in [1.807, 2.05) is 4.90 Å². The van der Waals surface area contributed by atoms with E-state index >= 15 is 0 Å². The lowest BCUT2D eigenvalue weighted by molar-refractivity contribution is -0.133. The smallest absolute Gasteiger partial charge is 0.222 e. The molecule has 1 saturated heterocycles. The van der Waals surface area contributed by atoms with E-state index in [2.05, 4.69) is 6.92 Å². The normalized spacial score (nSPS) is 23.6. The predicted octanol–water partition coefficient (Wildman–Crippen LogP) is 3.26. The van der Waals surface area contributed by atoms with Gasteiger partial charge in [-0.05, 0) is 25.2 Å². The van der Waals surface area contributed by atoms with Crippen molar-refractivity contribution >= 4 is 23.1 Å². The van der Waals surface area contributed by atoms with Gasteiger partial charge in [-0.3, -0.25) is 4.79 Å². The Morgan fingerprint density at radius 1 is 1.25 bits per heavy atom. The molecule has 20 heavy (non-hydrogen) atoms. The van der Waals surface area contributed by atoms with Gasteiger partial charge in [0.1, 0.15) is 0 Å². The number of piperidine rings is 1. The van der Waals surface area contributed by atoms with E-state index < -0.39 is 0 Å². The van der Waals surface area contributed by atoms with Crippen molar-refractivity contribution in [2.45, 2.75) is 64.7 Å². The van der Waals surface area contributed by atoms with Crippen molar-refractivity contribution in [2.24, 2.45) is 17.1 Å². The van der Waals surface area contributed by atoms with Gasteiger partial charge in [0.15, 0.2) is 0 Å². The van der Waals surface area contributed by atoms with Crippen LogP contribution in [0.2, 0.25) is 0 Å². The molecule has 2 fully saturated rings. The first-order valence-corrected chi connectivity index (χ1v) is 8.50. The van der Waals surface area contributed by atoms with Crippen LogP contribution in [0.4, 0.5) is 0 Å². The van der Waals surface area contributed by atoms with Crippen molar-refractivity contribution < 1.29 is 4.79 Å². The quantitative estimate of drug-likeness (QED) is 0.810. The zero-order valence-electron chi connectivity index (χ0n) is 12.7. The fourth-order valence-electron chi connectivity index (χ4n) is 3.46. The number of hydrogen-bond acceptors (Lipinski definition) is 2. The number of hydrogen-bond donors (Lipinski definition) is 1. The molecule has 114 valence electrons. The summed E-state index contributed by atoms with van der Waals surface area (Å²) in [7, 11) is 0. The van der Waals surface area contributed by atoms with Crippen LogP contribution in [0.5, 0.6) is 0 Å². The highest BCUT2D eigenvalue weighted by molar-refractivity contribution is 7.80. The van der Waals surface area contributed by atoms with Crippen LogP contribution in [0.15, 0.2) is 0 Å². The molecular weight excluding hydrogens is 268 g/mol. The summed E-state index contributed by atoms with van der Waals surface area (Å²) in [5.41, 5.74) is 5.76. The number of nitrogens with zero attached hydrogens (tertiary/aromatic N) is 1. The van der Waals surface area contributed by atoms with Gasteiger partial charge < -0.3 is 10.6 Å². The van der Waals surface area contributed by atoms with Crippen LogP contribution in [0.3, 0.4) is 0 Å². The van der Waals surface area contributed by atoms with Crippen molar-refractivity contribution in [1.29, 1.82) is 0 Å². The standard InChI is InChI=1S/C16H28N2OS/c1-16(15(17)20)9-11-18(12-10-16)14(19)8-7-13-5-3-2-4-6-13/h13H,2-12H2,1H3,(H2,17,20). The molecule has 1 heterocycles. The van der Waals surface area contributed by atoms with Crippen molar-refractivity contribution in [3.05, 3.63) is 0 Å². The molecule has 0 bridgehead atoms. The van der Waals surface area contributed by atoms with Crippen LogP contribution in [-0.2, 0) is 4.79 Å². The maximum Gasteiger partial charge on any atom is 0.222 e. The fraction of sp³-hybridized carbons (Fsp3) is 0.875. The van der Waals surface area contributed by atoms with Crippen molar-refractivity contribution in [3.8, 4) is 0 Å². The molecule has 2 aliphatic rings. The van der Waals surface area contributed by atoms with Crippen molar-refractivity contribution in [2.75, 3.05) is 13.1 Å². The third kappa shape index (κ3) is 3.94. The van der Waals surface area contributed by atoms with Crippen LogP contribution in [-0.4, -0.2) is 28.9 Å². The lowest BCUT2D eigenvalue weighted by Crippen LogP contribution is -2.46. The zero-order valence-corrected chi connectivity index (χ0v) is 13.5. The molecule has 0 radical (unpaired) electrons. The minimum absolute atomic E-state index is 0.0461. The molecule has 1 saturated carbocycles. The second-order valence-corrected chi connectivity index (χ2v) is 7.29. The summed E-state index contributed by atoms with van der Waals surface area (Å²) < 4.78 is 0. The van der Waals surface area contributed by atoms with Crippen LogP contribution in [0.25, 0.3) is 0 Å². The van der Waals surface area contributed by atoms with Gasteiger partial charge in [0, 0.05) is 24.9 Å². The number of thiocarbonyl (C=S) groups is 1. The third-order valence-electron chi connectivity index (χ3n) is 5.31. The first-order valence-electron chi connectivity index (χ1n) is 8.09. The topological polar surface area (TPSA) is 46.3 Å². The van der Waals surface area contributed by atoms with Gasteiger partial charge in [-0.1, -0.05) is 51.2 Å². The highest BCUT2D eigenvalue weighted by atomic mass is 32.1. The molecular formula is C16H28N2OS. The average Bonchev–Trinajstić information content (AvgIpc) is 2.46. The predicted molar refractivity (Wildman–Crippen MR) is 86.5 cm³/mol. The van der Waals surface area contributed by atoms with E-state index in [1.165, 1.54) is 32.1 Å². The minimum atomic E-state index is -0.0461. The summed E-state index contributed by atoms with van der Waals surface area (Å²) >= 11 is 5.14. The summed E-state index contributed by atoms with van der Waals surface area (Å²) in [6.07, 6.45) is 10.4. The zero-order chi connectivity index (χ0) is 14.6. The van der Waals surface area contributed by atoms with E-state index in [4.69, 9.17) is 18.0 Å². The van der Waals surface area contributed by atoms with E-state index in [9.17, 15) is 4.79 Å². The lowest BCUT2D eigenvalue weighted by Gasteiger charge is -2.39. The number of carbonyl (C=O) groups excluding carboxylic acids is 1. The molecule has 3 nitrogen and oxygen atoms in total. The Balaban J connectivity index is 1.73. The first kappa shape index (κ1) is 15.7. The molecule has 0 spiro atoms. The average molecular weight is 296 g/mol. The SMILES string of the molecule is CC1(C(N)=S)CCN(C(=O)CCC2CCCCC2)CC1. The highest BCUT2D eigenvalue weighted by Gasteiger charge is 2.34. The number of nitrogens with two attached hydrogens (primary N) is 1. The van der Waals surface area contributed by atoms with E-state index in [0.717, 1.165) is 44.7 Å². The molecule has 0 aromatic heterocycles. The third-order valence-corrected chi connectivity index (χ3v) is 5.80. The van der Waals surface area contributed by atoms with E-state index in [0.29, 0.717) is 10.9 Å². The molecule has 4 heteroatoms. The summed E-state index contributed by atoms with van der Waals surface area (Å²) in [4.78, 5) is 14.9. The Bertz CT molecular complexity index is 355. The maximum absolute atomic E-state index is 12.3. The fourth-order valence-corrected chi connectivity index (χ4v) is 3.66. The minimum Gasteiger partial charge on any atom is -0.393 e. The Labute approximate surface area is 128 Å². The Morgan fingerprint density at radius 3 is 2.40 bits per heavy atom. The van der Waals surface area contributed by atoms with Crippen LogP contribution < -0.4 is 5.73 Å². The summed E-state index contributed by atoms with van der Waals surface area (Å²) in [5, 5.41) is 0. The Kier molecular flexibility index (Phi) is 5.42. The monoisotopic (exact) mass is 296 g/mol. The van der Waals surface area contributed by atoms with Gasteiger partial charge in [0.25, 0.3) is 0 Å². The largest absolute Gasteiger partial charge is 0.393 e. The molecule has 1 aliphatic carbocycles. The number of rotatable bonds is 4. The van der Waals surface area contributed by atoms with Crippen molar-refractivity contribution in [3.63, 3.8) is 0 Å². The summed E-state index contributed by atoms with van der Waals surface area (Å²) in [5.74, 6) is 1.12. The molecule has 2 rings (SSSR count). The molecule has 1 aliphatic heterocycles. The van der Waals surface area contributed by atoms with E-state index in [-0.39, 0.29) is 5.41 Å².